The first kappa shape index (κ1) is 30.8. The Morgan fingerprint density at radius 3 is 2.49 bits per heavy atom. The average molecular weight is 675 g/mol. The van der Waals surface area contributed by atoms with Gasteiger partial charge in [-0.1, -0.05) is 58.7 Å². The lowest BCUT2D eigenvalue weighted by Gasteiger charge is -2.42. The monoisotopic (exact) mass is 673 g/mol. The standard InChI is InChI=1S/C32H29Cl2N9O4/c1-41-15-21(31(45)42(2)32(41)46)29(44)35-22-9-5-7-19(27(22)34)18-6-4-8-20(26(18)33)23-12-16-10-11-24(25(16)30(36-23)47-3)43-13-17(14-43)28-37-39-40-38-28/h4-9,12,15,17,24H,10-11,13-14H2,1-3H3,(H,35,44)(H,37,38,39,40)/t24-/m0/s1. The topological polar surface area (TPSA) is 153 Å². The summed E-state index contributed by atoms with van der Waals surface area (Å²) in [5.41, 5.74) is 3.67. The number of likely N-dealkylation sites (tertiary alicyclic amines) is 1. The number of ether oxygens (including phenoxy) is 1. The van der Waals surface area contributed by atoms with Crippen molar-refractivity contribution in [3.8, 4) is 28.3 Å². The van der Waals surface area contributed by atoms with Crippen LogP contribution in [0.25, 0.3) is 22.4 Å². The number of carbonyl (C=O) groups is 1. The summed E-state index contributed by atoms with van der Waals surface area (Å²) in [6.45, 7) is 1.68. The third kappa shape index (κ3) is 5.29. The summed E-state index contributed by atoms with van der Waals surface area (Å²) in [4.78, 5) is 45.1. The summed E-state index contributed by atoms with van der Waals surface area (Å²) >= 11 is 13.9. The highest BCUT2D eigenvalue weighted by Crippen LogP contribution is 2.47. The summed E-state index contributed by atoms with van der Waals surface area (Å²) in [5.74, 6) is 0.850. The van der Waals surface area contributed by atoms with E-state index >= 15 is 0 Å². The highest BCUT2D eigenvalue weighted by atomic mass is 35.5. The van der Waals surface area contributed by atoms with E-state index in [0.29, 0.717) is 33.3 Å². The number of methoxy groups -OCH3 is 1. The Hall–Kier alpha value is -4.85. The maximum Gasteiger partial charge on any atom is 0.330 e. The number of anilines is 1. The van der Waals surface area contributed by atoms with Gasteiger partial charge in [-0.3, -0.25) is 19.1 Å². The fourth-order valence-corrected chi connectivity index (χ4v) is 7.04. The molecule has 1 amide bonds. The molecule has 5 aromatic rings. The fraction of sp³-hybridized carbons (Fsp3) is 0.281. The first-order chi connectivity index (χ1) is 22.7. The number of rotatable bonds is 7. The molecule has 0 radical (unpaired) electrons. The Balaban J connectivity index is 1.18. The predicted molar refractivity (Wildman–Crippen MR) is 176 cm³/mol. The van der Waals surface area contributed by atoms with Gasteiger partial charge in [0, 0.05) is 67.6 Å². The molecule has 2 aromatic carbocycles. The largest absolute Gasteiger partial charge is 0.481 e. The maximum atomic E-state index is 13.1. The van der Waals surface area contributed by atoms with Crippen LogP contribution in [-0.2, 0) is 20.5 Å². The molecule has 1 atom stereocenters. The number of nitrogens with one attached hydrogen (secondary N) is 2. The molecule has 2 N–H and O–H groups in total. The van der Waals surface area contributed by atoms with Crippen molar-refractivity contribution < 1.29 is 9.53 Å². The minimum atomic E-state index is -0.713. The zero-order valence-electron chi connectivity index (χ0n) is 25.6. The average Bonchev–Trinajstić information content (AvgIpc) is 3.73. The van der Waals surface area contributed by atoms with E-state index in [-0.39, 0.29) is 28.2 Å². The Morgan fingerprint density at radius 1 is 1.04 bits per heavy atom. The minimum Gasteiger partial charge on any atom is -0.481 e. The molecule has 7 rings (SSSR count). The number of tetrazole rings is 1. The highest BCUT2D eigenvalue weighted by molar-refractivity contribution is 6.39. The second-order valence-corrected chi connectivity index (χ2v) is 12.4. The van der Waals surface area contributed by atoms with Gasteiger partial charge in [0.15, 0.2) is 5.82 Å². The number of aromatic nitrogens is 7. The van der Waals surface area contributed by atoms with E-state index in [1.165, 1.54) is 24.9 Å². The lowest BCUT2D eigenvalue weighted by molar-refractivity contribution is 0.0860. The molecule has 1 fully saturated rings. The van der Waals surface area contributed by atoms with Crippen LogP contribution in [-0.4, -0.2) is 65.7 Å². The van der Waals surface area contributed by atoms with Crippen molar-refractivity contribution in [2.75, 3.05) is 25.5 Å². The van der Waals surface area contributed by atoms with Gasteiger partial charge >= 0.3 is 5.69 Å². The van der Waals surface area contributed by atoms with Crippen LogP contribution in [0.5, 0.6) is 5.88 Å². The maximum absolute atomic E-state index is 13.1. The number of benzene rings is 2. The summed E-state index contributed by atoms with van der Waals surface area (Å²) in [6.07, 6.45) is 3.02. The molecule has 1 saturated heterocycles. The van der Waals surface area contributed by atoms with Gasteiger partial charge in [0.2, 0.25) is 5.88 Å². The molecule has 0 unspecified atom stereocenters. The molecule has 240 valence electrons. The number of fused-ring (bicyclic) bond motifs is 1. The number of halogens is 2. The molecule has 0 spiro atoms. The third-order valence-corrected chi connectivity index (χ3v) is 9.72. The molecule has 47 heavy (non-hydrogen) atoms. The Bertz CT molecular complexity index is 2160. The highest BCUT2D eigenvalue weighted by Gasteiger charge is 2.40. The minimum absolute atomic E-state index is 0.184. The smallest absolute Gasteiger partial charge is 0.330 e. The van der Waals surface area contributed by atoms with Crippen LogP contribution in [0.4, 0.5) is 5.69 Å². The van der Waals surface area contributed by atoms with Gasteiger partial charge in [0.05, 0.1) is 28.5 Å². The predicted octanol–water partition coefficient (Wildman–Crippen LogP) is 3.98. The van der Waals surface area contributed by atoms with Crippen LogP contribution in [0, 0.1) is 0 Å². The van der Waals surface area contributed by atoms with Gasteiger partial charge in [-0.2, -0.15) is 5.21 Å². The number of pyridine rings is 1. The number of carbonyl (C=O) groups excluding carboxylic acids is 1. The second-order valence-electron chi connectivity index (χ2n) is 11.7. The second kappa shape index (κ2) is 12.1. The zero-order valence-corrected chi connectivity index (χ0v) is 27.1. The van der Waals surface area contributed by atoms with Crippen molar-refractivity contribution >= 4 is 34.8 Å². The van der Waals surface area contributed by atoms with Crippen LogP contribution >= 0.6 is 23.2 Å². The van der Waals surface area contributed by atoms with Gasteiger partial charge in [-0.15, -0.1) is 10.2 Å². The summed E-state index contributed by atoms with van der Waals surface area (Å²) in [7, 11) is 4.40. The van der Waals surface area contributed by atoms with Gasteiger partial charge < -0.3 is 14.6 Å². The summed E-state index contributed by atoms with van der Waals surface area (Å²) in [5, 5.41) is 17.9. The van der Waals surface area contributed by atoms with E-state index in [4.69, 9.17) is 32.9 Å². The van der Waals surface area contributed by atoms with E-state index in [2.05, 4.69) is 36.9 Å². The Kier molecular flexibility index (Phi) is 7.90. The summed E-state index contributed by atoms with van der Waals surface area (Å²) in [6, 6.07) is 13.0. The van der Waals surface area contributed by atoms with Crippen LogP contribution < -0.4 is 21.3 Å². The van der Waals surface area contributed by atoms with Crippen LogP contribution in [0.3, 0.4) is 0 Å². The number of hydrogen-bond donors (Lipinski definition) is 2. The van der Waals surface area contributed by atoms with E-state index in [1.54, 1.807) is 25.3 Å². The molecule has 0 bridgehead atoms. The van der Waals surface area contributed by atoms with Crippen molar-refractivity contribution in [1.82, 2.24) is 39.6 Å². The molecule has 0 saturated carbocycles. The zero-order chi connectivity index (χ0) is 33.0. The number of aromatic amines is 1. The first-order valence-electron chi connectivity index (χ1n) is 14.9. The number of aryl methyl sites for hydroxylation is 2. The van der Waals surface area contributed by atoms with Gasteiger partial charge in [-0.25, -0.2) is 9.78 Å². The van der Waals surface area contributed by atoms with Crippen LogP contribution in [0.15, 0.2) is 58.3 Å². The van der Waals surface area contributed by atoms with Crippen molar-refractivity contribution in [2.45, 2.75) is 24.8 Å². The molecule has 13 nitrogen and oxygen atoms in total. The molecule has 1 aliphatic heterocycles. The Morgan fingerprint density at radius 2 is 1.77 bits per heavy atom. The molecule has 15 heteroatoms. The van der Waals surface area contributed by atoms with E-state index in [9.17, 15) is 14.4 Å². The molecule has 3 aromatic heterocycles. The lowest BCUT2D eigenvalue weighted by atomic mass is 9.94. The van der Waals surface area contributed by atoms with Crippen LogP contribution in [0.1, 0.15) is 45.7 Å². The van der Waals surface area contributed by atoms with Crippen LogP contribution in [0.2, 0.25) is 10.0 Å². The van der Waals surface area contributed by atoms with Crippen molar-refractivity contribution in [1.29, 1.82) is 0 Å². The van der Waals surface area contributed by atoms with Gasteiger partial charge in [0.25, 0.3) is 11.5 Å². The summed E-state index contributed by atoms with van der Waals surface area (Å²) < 4.78 is 7.88. The van der Waals surface area contributed by atoms with Gasteiger partial charge in [0.1, 0.15) is 5.56 Å². The molecular formula is C32H29Cl2N9O4. The number of hydrogen-bond acceptors (Lipinski definition) is 9. The van der Waals surface area contributed by atoms with Crippen molar-refractivity contribution in [2.24, 2.45) is 14.1 Å². The van der Waals surface area contributed by atoms with Crippen molar-refractivity contribution in [3.63, 3.8) is 0 Å². The van der Waals surface area contributed by atoms with Crippen molar-refractivity contribution in [3.05, 3.63) is 102 Å². The van der Waals surface area contributed by atoms with E-state index in [1.807, 2.05) is 18.2 Å². The van der Waals surface area contributed by atoms with E-state index < -0.39 is 17.2 Å². The normalized spacial score (nSPS) is 16.1. The quantitative estimate of drug-likeness (QED) is 0.261. The number of H-pyrrole nitrogens is 1. The first-order valence-corrected chi connectivity index (χ1v) is 15.6. The van der Waals surface area contributed by atoms with E-state index in [0.717, 1.165) is 47.4 Å². The number of nitrogens with zero attached hydrogens (tertiary/aromatic N) is 7. The number of amides is 1. The fourth-order valence-electron chi connectivity index (χ4n) is 6.44. The Labute approximate surface area is 278 Å². The molecular weight excluding hydrogens is 645 g/mol. The molecule has 1 aliphatic carbocycles. The third-order valence-electron chi connectivity index (χ3n) is 8.90. The SMILES string of the molecule is COc1nc(-c2cccc(-c3cccc(NC(=O)c4cn(C)c(=O)n(C)c4=O)c3Cl)c2Cl)cc2c1[C@@H](N1CC(c3nn[nH]n3)C1)CC2. The molecule has 2 aliphatic rings. The molecule has 4 heterocycles. The van der Waals surface area contributed by atoms with Gasteiger partial charge in [-0.05, 0) is 30.5 Å². The lowest BCUT2D eigenvalue weighted by Crippen LogP contribution is -2.46.